The Kier molecular flexibility index (Phi) is 7.26. The molecule has 0 fully saturated rings. The van der Waals surface area contributed by atoms with Crippen LogP contribution in [0.15, 0.2) is 206 Å². The molecule has 0 aliphatic heterocycles. The summed E-state index contributed by atoms with van der Waals surface area (Å²) in [5, 5.41) is 17.6. The summed E-state index contributed by atoms with van der Waals surface area (Å²) >= 11 is 0. The van der Waals surface area contributed by atoms with Gasteiger partial charge in [-0.3, -0.25) is 0 Å². The topological polar surface area (TPSA) is 38.6 Å². The van der Waals surface area contributed by atoms with E-state index in [0.29, 0.717) is 5.56 Å². The maximum absolute atomic E-state index is 10.4. The number of fused-ring (bicyclic) bond motifs is 9. The Hall–Kier alpha value is -8.13. The van der Waals surface area contributed by atoms with Gasteiger partial charge in [-0.25, -0.2) is 0 Å². The van der Waals surface area contributed by atoms with E-state index < -0.39 is 0 Å². The van der Waals surface area contributed by atoms with Gasteiger partial charge >= 0.3 is 0 Å². The molecule has 0 aliphatic carbocycles. The van der Waals surface area contributed by atoms with Crippen LogP contribution < -0.4 is 0 Å². The smallest absolute Gasteiger partial charge is 0.0998 e. The predicted octanol–water partition coefficient (Wildman–Crippen LogP) is 14.2. The van der Waals surface area contributed by atoms with Gasteiger partial charge in [0.2, 0.25) is 0 Å². The number of rotatable bonds is 5. The molecule has 0 atom stereocenters. The number of hydrogen-bond acceptors (Lipinski definition) is 1. The molecular formula is C55H34N4. The Balaban J connectivity index is 1.02. The lowest BCUT2D eigenvalue weighted by molar-refractivity contribution is 1.18. The Morgan fingerprint density at radius 2 is 0.712 bits per heavy atom. The standard InChI is InChI=1S/C55H34N4/c56-35-39-23-27-42(34-47(39)38-26-30-53-49(32-38)45-19-8-11-21-51(45)57(53)40-13-3-1-4-14-40)59-52-22-12-9-18-44(52)48-31-36(25-29-54(48)59)37-24-28-46-43-17-7-10-20-50(43)58(55(46)33-37)41-15-5-2-6-16-41/h1-34H. The van der Waals surface area contributed by atoms with Gasteiger partial charge in [0.05, 0.1) is 44.7 Å². The van der Waals surface area contributed by atoms with Crippen molar-refractivity contribution in [2.24, 2.45) is 0 Å². The maximum Gasteiger partial charge on any atom is 0.0998 e. The summed E-state index contributed by atoms with van der Waals surface area (Å²) in [6.07, 6.45) is 0. The summed E-state index contributed by atoms with van der Waals surface area (Å²) < 4.78 is 7.04. The van der Waals surface area contributed by atoms with Gasteiger partial charge in [0.1, 0.15) is 0 Å². The minimum absolute atomic E-state index is 0.645. The molecule has 3 aromatic heterocycles. The average molecular weight is 751 g/mol. The summed E-state index contributed by atoms with van der Waals surface area (Å²) in [7, 11) is 0. The number of nitriles is 1. The molecule has 0 spiro atoms. The van der Waals surface area contributed by atoms with E-state index in [1.54, 1.807) is 0 Å². The molecule has 12 rings (SSSR count). The van der Waals surface area contributed by atoms with Gasteiger partial charge in [-0.05, 0) is 108 Å². The van der Waals surface area contributed by atoms with Crippen molar-refractivity contribution in [3.05, 3.63) is 212 Å². The van der Waals surface area contributed by atoms with Crippen LogP contribution in [0.5, 0.6) is 0 Å². The first kappa shape index (κ1) is 33.1. The second kappa shape index (κ2) is 13.0. The normalized spacial score (nSPS) is 11.7. The summed E-state index contributed by atoms with van der Waals surface area (Å²) in [6.45, 7) is 0. The highest BCUT2D eigenvalue weighted by molar-refractivity contribution is 6.13. The number of hydrogen-bond donors (Lipinski definition) is 0. The molecule has 12 aromatic rings. The van der Waals surface area contributed by atoms with Crippen molar-refractivity contribution in [2.75, 3.05) is 0 Å². The van der Waals surface area contributed by atoms with Crippen LogP contribution in [0.3, 0.4) is 0 Å². The molecule has 274 valence electrons. The lowest BCUT2D eigenvalue weighted by atomic mass is 9.97. The molecular weight excluding hydrogens is 717 g/mol. The molecule has 4 nitrogen and oxygen atoms in total. The molecule has 4 heteroatoms. The summed E-state index contributed by atoms with van der Waals surface area (Å²) in [4.78, 5) is 0. The van der Waals surface area contributed by atoms with E-state index in [-0.39, 0.29) is 0 Å². The summed E-state index contributed by atoms with van der Waals surface area (Å²) in [5.74, 6) is 0. The number of para-hydroxylation sites is 5. The van der Waals surface area contributed by atoms with Crippen LogP contribution in [-0.2, 0) is 0 Å². The molecule has 0 saturated carbocycles. The third-order valence-corrected chi connectivity index (χ3v) is 12.1. The Morgan fingerprint density at radius 1 is 0.288 bits per heavy atom. The van der Waals surface area contributed by atoms with E-state index in [4.69, 9.17) is 0 Å². The van der Waals surface area contributed by atoms with Crippen molar-refractivity contribution in [1.29, 1.82) is 5.26 Å². The molecule has 0 amide bonds. The fraction of sp³-hybridized carbons (Fsp3) is 0. The number of aromatic nitrogens is 3. The van der Waals surface area contributed by atoms with Gasteiger partial charge in [-0.1, -0.05) is 115 Å². The van der Waals surface area contributed by atoms with Crippen molar-refractivity contribution < 1.29 is 0 Å². The monoisotopic (exact) mass is 750 g/mol. The van der Waals surface area contributed by atoms with E-state index >= 15 is 0 Å². The fourth-order valence-corrected chi connectivity index (χ4v) is 9.44. The number of benzene rings is 9. The predicted molar refractivity (Wildman–Crippen MR) is 245 cm³/mol. The lowest BCUT2D eigenvalue weighted by Crippen LogP contribution is -1.96. The molecule has 0 unspecified atom stereocenters. The highest BCUT2D eigenvalue weighted by Crippen LogP contribution is 2.40. The van der Waals surface area contributed by atoms with Crippen LogP contribution >= 0.6 is 0 Å². The Bertz CT molecular complexity index is 3670. The van der Waals surface area contributed by atoms with Gasteiger partial charge in [0.15, 0.2) is 0 Å². The van der Waals surface area contributed by atoms with E-state index in [1.165, 1.54) is 43.5 Å². The van der Waals surface area contributed by atoms with Gasteiger partial charge in [-0.2, -0.15) is 5.26 Å². The van der Waals surface area contributed by atoms with E-state index in [2.05, 4.69) is 220 Å². The van der Waals surface area contributed by atoms with Crippen molar-refractivity contribution in [3.63, 3.8) is 0 Å². The molecule has 0 radical (unpaired) electrons. The van der Waals surface area contributed by atoms with Crippen molar-refractivity contribution >= 4 is 65.4 Å². The quantitative estimate of drug-likeness (QED) is 0.173. The SMILES string of the molecule is N#Cc1ccc(-n2c3ccccc3c3cc(-c4ccc5c6ccccc6n(-c6ccccc6)c5c4)ccc32)cc1-c1ccc2c(c1)c1ccccc1n2-c1ccccc1. The summed E-state index contributed by atoms with van der Waals surface area (Å²) in [5.41, 5.74) is 15.1. The zero-order valence-corrected chi connectivity index (χ0v) is 31.9. The van der Waals surface area contributed by atoms with Gasteiger partial charge in [0.25, 0.3) is 0 Å². The largest absolute Gasteiger partial charge is 0.309 e. The molecule has 59 heavy (non-hydrogen) atoms. The molecule has 3 heterocycles. The Labute approximate surface area is 340 Å². The van der Waals surface area contributed by atoms with E-state index in [1.807, 2.05) is 6.07 Å². The zero-order valence-electron chi connectivity index (χ0n) is 31.9. The second-order valence-electron chi connectivity index (χ2n) is 15.3. The first-order valence-electron chi connectivity index (χ1n) is 20.0. The molecule has 9 aromatic carbocycles. The van der Waals surface area contributed by atoms with Crippen LogP contribution in [0.2, 0.25) is 0 Å². The van der Waals surface area contributed by atoms with Gasteiger partial charge in [-0.15, -0.1) is 0 Å². The first-order chi connectivity index (χ1) is 29.2. The zero-order chi connectivity index (χ0) is 39.0. The minimum atomic E-state index is 0.645. The average Bonchev–Trinajstić information content (AvgIpc) is 3.94. The molecule has 0 N–H and O–H groups in total. The third kappa shape index (κ3) is 5.02. The lowest BCUT2D eigenvalue weighted by Gasteiger charge is -2.13. The first-order valence-corrected chi connectivity index (χ1v) is 20.0. The molecule has 0 saturated heterocycles. The van der Waals surface area contributed by atoms with Crippen molar-refractivity contribution in [3.8, 4) is 45.4 Å². The van der Waals surface area contributed by atoms with Gasteiger partial charge in [0, 0.05) is 54.9 Å². The fourth-order valence-electron chi connectivity index (χ4n) is 9.44. The maximum atomic E-state index is 10.4. The van der Waals surface area contributed by atoms with Crippen LogP contribution in [0, 0.1) is 11.3 Å². The van der Waals surface area contributed by atoms with E-state index in [9.17, 15) is 5.26 Å². The number of nitrogens with zero attached hydrogens (tertiary/aromatic N) is 4. The van der Waals surface area contributed by atoms with Crippen LogP contribution in [0.1, 0.15) is 5.56 Å². The molecule has 0 aliphatic rings. The van der Waals surface area contributed by atoms with Crippen molar-refractivity contribution in [2.45, 2.75) is 0 Å². The van der Waals surface area contributed by atoms with Gasteiger partial charge < -0.3 is 13.7 Å². The third-order valence-electron chi connectivity index (χ3n) is 12.1. The highest BCUT2D eigenvalue weighted by atomic mass is 15.0. The second-order valence-corrected chi connectivity index (χ2v) is 15.3. The van der Waals surface area contributed by atoms with Crippen LogP contribution in [-0.4, -0.2) is 13.7 Å². The highest BCUT2D eigenvalue weighted by Gasteiger charge is 2.19. The van der Waals surface area contributed by atoms with Crippen LogP contribution in [0.25, 0.3) is 105 Å². The van der Waals surface area contributed by atoms with Crippen molar-refractivity contribution in [1.82, 2.24) is 13.7 Å². The molecule has 0 bridgehead atoms. The summed E-state index contributed by atoms with van der Waals surface area (Å²) in [6, 6.07) is 76.1. The minimum Gasteiger partial charge on any atom is -0.309 e. The van der Waals surface area contributed by atoms with E-state index in [0.717, 1.165) is 61.2 Å². The Morgan fingerprint density at radius 3 is 1.31 bits per heavy atom. The van der Waals surface area contributed by atoms with Crippen LogP contribution in [0.4, 0.5) is 0 Å².